The first-order valence-corrected chi connectivity index (χ1v) is 12.4. The molecule has 2 aliphatic carbocycles. The molecule has 0 unspecified atom stereocenters. The Labute approximate surface area is 182 Å². The summed E-state index contributed by atoms with van der Waals surface area (Å²) in [6, 6.07) is 3.24. The molecule has 0 N–H and O–H groups in total. The molecule has 0 radical (unpaired) electrons. The summed E-state index contributed by atoms with van der Waals surface area (Å²) in [6.45, 7) is 5.69. The minimum Gasteiger partial charge on any atom is -0.462 e. The van der Waals surface area contributed by atoms with E-state index >= 15 is 0 Å². The van der Waals surface area contributed by atoms with Crippen molar-refractivity contribution in [3.05, 3.63) is 42.2 Å². The SMILES string of the molecule is C=COc1ccc(C2CCC(C3CCC(CCCCCCC)CC3)CC2)c(F)c1F. The second-order valence-corrected chi connectivity index (χ2v) is 9.66. The van der Waals surface area contributed by atoms with E-state index in [1.807, 2.05) is 0 Å². The third-order valence-corrected chi connectivity index (χ3v) is 7.77. The van der Waals surface area contributed by atoms with E-state index in [-0.39, 0.29) is 11.7 Å². The average Bonchev–Trinajstić information content (AvgIpc) is 2.78. The van der Waals surface area contributed by atoms with Crippen LogP contribution in [0.15, 0.2) is 25.0 Å². The maximum Gasteiger partial charge on any atom is 0.201 e. The second kappa shape index (κ2) is 11.9. The fourth-order valence-corrected chi connectivity index (χ4v) is 5.93. The van der Waals surface area contributed by atoms with Gasteiger partial charge in [-0.1, -0.05) is 70.9 Å². The summed E-state index contributed by atoms with van der Waals surface area (Å²) >= 11 is 0. The molecule has 2 fully saturated rings. The molecule has 3 rings (SSSR count). The summed E-state index contributed by atoms with van der Waals surface area (Å²) in [6.07, 6.45) is 19.3. The van der Waals surface area contributed by atoms with Gasteiger partial charge in [0.15, 0.2) is 11.6 Å². The molecule has 0 atom stereocenters. The van der Waals surface area contributed by atoms with Crippen molar-refractivity contribution in [3.63, 3.8) is 0 Å². The summed E-state index contributed by atoms with van der Waals surface area (Å²) in [5.41, 5.74) is 0.522. The van der Waals surface area contributed by atoms with Crippen molar-refractivity contribution in [1.29, 1.82) is 0 Å². The lowest BCUT2D eigenvalue weighted by Gasteiger charge is -2.38. The van der Waals surface area contributed by atoms with Crippen molar-refractivity contribution in [3.8, 4) is 5.75 Å². The van der Waals surface area contributed by atoms with E-state index in [4.69, 9.17) is 4.74 Å². The maximum absolute atomic E-state index is 14.5. The van der Waals surface area contributed by atoms with Gasteiger partial charge in [0.2, 0.25) is 5.82 Å². The summed E-state index contributed by atoms with van der Waals surface area (Å²) in [5.74, 6) is 1.01. The highest BCUT2D eigenvalue weighted by Crippen LogP contribution is 2.45. The van der Waals surface area contributed by atoms with Gasteiger partial charge in [-0.15, -0.1) is 0 Å². The number of unbranched alkanes of at least 4 members (excludes halogenated alkanes) is 4. The number of hydrogen-bond acceptors (Lipinski definition) is 1. The summed E-state index contributed by atoms with van der Waals surface area (Å²) in [5, 5.41) is 0. The van der Waals surface area contributed by atoms with E-state index in [2.05, 4.69) is 13.5 Å². The van der Waals surface area contributed by atoms with Crippen LogP contribution in [0.25, 0.3) is 0 Å². The van der Waals surface area contributed by atoms with Gasteiger partial charge in [-0.3, -0.25) is 0 Å². The highest BCUT2D eigenvalue weighted by Gasteiger charge is 2.32. The molecule has 168 valence electrons. The van der Waals surface area contributed by atoms with Crippen molar-refractivity contribution in [2.75, 3.05) is 0 Å². The molecule has 0 bridgehead atoms. The number of hydrogen-bond donors (Lipinski definition) is 0. The molecule has 1 aromatic carbocycles. The number of benzene rings is 1. The summed E-state index contributed by atoms with van der Waals surface area (Å²) in [7, 11) is 0. The van der Waals surface area contributed by atoms with E-state index in [9.17, 15) is 8.78 Å². The quantitative estimate of drug-likeness (QED) is 0.272. The van der Waals surface area contributed by atoms with Gasteiger partial charge >= 0.3 is 0 Å². The van der Waals surface area contributed by atoms with Crippen molar-refractivity contribution in [2.24, 2.45) is 17.8 Å². The van der Waals surface area contributed by atoms with E-state index in [0.29, 0.717) is 5.56 Å². The molecule has 0 spiro atoms. The smallest absolute Gasteiger partial charge is 0.201 e. The first-order chi connectivity index (χ1) is 14.6. The Hall–Kier alpha value is -1.38. The molecule has 0 heterocycles. The van der Waals surface area contributed by atoms with E-state index in [0.717, 1.165) is 49.7 Å². The molecule has 1 aromatic rings. The molecule has 2 aliphatic rings. The van der Waals surface area contributed by atoms with Crippen LogP contribution in [0, 0.1) is 29.4 Å². The van der Waals surface area contributed by atoms with Gasteiger partial charge in [0.25, 0.3) is 0 Å². The Bertz CT molecular complexity index is 655. The van der Waals surface area contributed by atoms with Crippen LogP contribution in [-0.2, 0) is 0 Å². The first kappa shape index (κ1) is 23.3. The molecule has 2 saturated carbocycles. The molecule has 0 saturated heterocycles. The van der Waals surface area contributed by atoms with E-state index < -0.39 is 11.6 Å². The van der Waals surface area contributed by atoms with Gasteiger partial charge in [-0.05, 0) is 73.8 Å². The Morgan fingerprint density at radius 3 is 2.13 bits per heavy atom. The monoisotopic (exact) mass is 418 g/mol. The van der Waals surface area contributed by atoms with Gasteiger partial charge in [0, 0.05) is 0 Å². The van der Waals surface area contributed by atoms with Crippen molar-refractivity contribution in [2.45, 2.75) is 103 Å². The lowest BCUT2D eigenvalue weighted by Crippen LogP contribution is -2.25. The zero-order valence-electron chi connectivity index (χ0n) is 18.8. The average molecular weight is 419 g/mol. The van der Waals surface area contributed by atoms with Crippen LogP contribution in [0.5, 0.6) is 5.75 Å². The van der Waals surface area contributed by atoms with Crippen molar-refractivity contribution >= 4 is 0 Å². The van der Waals surface area contributed by atoms with Crippen LogP contribution in [0.2, 0.25) is 0 Å². The lowest BCUT2D eigenvalue weighted by atomic mass is 9.68. The predicted octanol–water partition coefficient (Wildman–Crippen LogP) is 8.93. The Balaban J connectivity index is 1.42. The van der Waals surface area contributed by atoms with E-state index in [1.54, 1.807) is 6.07 Å². The van der Waals surface area contributed by atoms with Gasteiger partial charge in [0.05, 0.1) is 6.26 Å². The van der Waals surface area contributed by atoms with Gasteiger partial charge in [-0.2, -0.15) is 4.39 Å². The molecule has 0 aliphatic heterocycles. The Morgan fingerprint density at radius 1 is 0.867 bits per heavy atom. The van der Waals surface area contributed by atoms with Crippen LogP contribution in [0.1, 0.15) is 108 Å². The van der Waals surface area contributed by atoms with Crippen LogP contribution in [0.3, 0.4) is 0 Å². The van der Waals surface area contributed by atoms with Gasteiger partial charge in [0.1, 0.15) is 0 Å². The summed E-state index contributed by atoms with van der Waals surface area (Å²) < 4.78 is 33.7. The van der Waals surface area contributed by atoms with Crippen molar-refractivity contribution in [1.82, 2.24) is 0 Å². The van der Waals surface area contributed by atoms with E-state index in [1.165, 1.54) is 70.3 Å². The van der Waals surface area contributed by atoms with Crippen LogP contribution in [0.4, 0.5) is 8.78 Å². The highest BCUT2D eigenvalue weighted by molar-refractivity contribution is 5.33. The third-order valence-electron chi connectivity index (χ3n) is 7.77. The third kappa shape index (κ3) is 6.08. The first-order valence-electron chi connectivity index (χ1n) is 12.4. The number of ether oxygens (including phenoxy) is 1. The van der Waals surface area contributed by atoms with Gasteiger partial charge in [-0.25, -0.2) is 4.39 Å². The van der Waals surface area contributed by atoms with Gasteiger partial charge < -0.3 is 4.74 Å². The molecule has 30 heavy (non-hydrogen) atoms. The van der Waals surface area contributed by atoms with Crippen molar-refractivity contribution < 1.29 is 13.5 Å². The Kier molecular flexibility index (Phi) is 9.21. The molecule has 0 amide bonds. The van der Waals surface area contributed by atoms with Crippen LogP contribution >= 0.6 is 0 Å². The fourth-order valence-electron chi connectivity index (χ4n) is 5.93. The molecule has 0 aromatic heterocycles. The maximum atomic E-state index is 14.5. The molecule has 1 nitrogen and oxygen atoms in total. The minimum atomic E-state index is -0.887. The zero-order valence-corrected chi connectivity index (χ0v) is 18.8. The topological polar surface area (TPSA) is 9.23 Å². The fraction of sp³-hybridized carbons (Fsp3) is 0.704. The standard InChI is InChI=1S/C27H40F2O/c1-3-5-6-7-8-9-20-10-12-21(13-11-20)22-14-16-23(17-15-22)24-18-19-25(30-4-2)27(29)26(24)28/h4,18-23H,2-3,5-17H2,1H3. The zero-order chi connectivity index (χ0) is 21.3. The Morgan fingerprint density at radius 2 is 1.50 bits per heavy atom. The predicted molar refractivity (Wildman–Crippen MR) is 121 cm³/mol. The lowest BCUT2D eigenvalue weighted by molar-refractivity contribution is 0.155. The molecular formula is C27H40F2O. The number of halogens is 2. The largest absolute Gasteiger partial charge is 0.462 e. The summed E-state index contributed by atoms with van der Waals surface area (Å²) in [4.78, 5) is 0. The minimum absolute atomic E-state index is 0.0814. The van der Waals surface area contributed by atoms with Crippen LogP contribution < -0.4 is 4.74 Å². The highest BCUT2D eigenvalue weighted by atomic mass is 19.2. The molecular weight excluding hydrogens is 378 g/mol. The molecule has 3 heteroatoms. The van der Waals surface area contributed by atoms with Crippen LogP contribution in [-0.4, -0.2) is 0 Å². The number of rotatable bonds is 10. The second-order valence-electron chi connectivity index (χ2n) is 9.66. The normalized spacial score (nSPS) is 27.0.